The first-order chi connectivity index (χ1) is 13.0. The second-order valence-corrected chi connectivity index (χ2v) is 5.80. The van der Waals surface area contributed by atoms with Crippen molar-refractivity contribution >= 4 is 23.2 Å². The summed E-state index contributed by atoms with van der Waals surface area (Å²) < 4.78 is 10.4. The molecular formula is C18H17N3O6. The van der Waals surface area contributed by atoms with Crippen LogP contribution in [0.4, 0.5) is 11.4 Å². The average Bonchev–Trinajstić information content (AvgIpc) is 2.68. The molecule has 0 aromatic heterocycles. The first-order valence-electron chi connectivity index (χ1n) is 8.09. The SMILES string of the molecule is COc1ccc(CNC(=O)CN2C(=O)COc3ccc([N+](=O)[O-])cc32)cc1. The maximum absolute atomic E-state index is 12.3. The molecule has 3 rings (SSSR count). The summed E-state index contributed by atoms with van der Waals surface area (Å²) in [5, 5.41) is 13.7. The van der Waals surface area contributed by atoms with Crippen LogP contribution in [0.3, 0.4) is 0 Å². The van der Waals surface area contributed by atoms with Gasteiger partial charge in [0.2, 0.25) is 5.91 Å². The van der Waals surface area contributed by atoms with Gasteiger partial charge in [0.1, 0.15) is 18.0 Å². The van der Waals surface area contributed by atoms with E-state index in [1.54, 1.807) is 19.2 Å². The lowest BCUT2D eigenvalue weighted by Gasteiger charge is -2.28. The highest BCUT2D eigenvalue weighted by atomic mass is 16.6. The van der Waals surface area contributed by atoms with E-state index in [0.29, 0.717) is 11.5 Å². The van der Waals surface area contributed by atoms with Crippen molar-refractivity contribution in [2.45, 2.75) is 6.54 Å². The van der Waals surface area contributed by atoms with E-state index in [4.69, 9.17) is 9.47 Å². The Morgan fingerprint density at radius 2 is 2.04 bits per heavy atom. The van der Waals surface area contributed by atoms with Gasteiger partial charge < -0.3 is 14.8 Å². The van der Waals surface area contributed by atoms with E-state index in [-0.39, 0.29) is 31.1 Å². The Balaban J connectivity index is 1.69. The highest BCUT2D eigenvalue weighted by Gasteiger charge is 2.29. The fourth-order valence-electron chi connectivity index (χ4n) is 2.62. The van der Waals surface area contributed by atoms with E-state index in [9.17, 15) is 19.7 Å². The van der Waals surface area contributed by atoms with Gasteiger partial charge in [0.15, 0.2) is 6.61 Å². The molecule has 1 aliphatic heterocycles. The minimum atomic E-state index is -0.568. The van der Waals surface area contributed by atoms with Crippen molar-refractivity contribution in [1.29, 1.82) is 0 Å². The molecule has 9 nitrogen and oxygen atoms in total. The molecule has 2 amide bonds. The molecule has 0 unspecified atom stereocenters. The smallest absolute Gasteiger partial charge is 0.271 e. The zero-order chi connectivity index (χ0) is 19.4. The molecule has 0 bridgehead atoms. The molecule has 0 fully saturated rings. The Morgan fingerprint density at radius 3 is 2.70 bits per heavy atom. The molecule has 0 atom stereocenters. The molecule has 0 spiro atoms. The third kappa shape index (κ3) is 4.14. The van der Waals surface area contributed by atoms with Crippen molar-refractivity contribution in [1.82, 2.24) is 5.32 Å². The van der Waals surface area contributed by atoms with Gasteiger partial charge in [-0.3, -0.25) is 24.6 Å². The minimum Gasteiger partial charge on any atom is -0.497 e. The number of nitro groups is 1. The summed E-state index contributed by atoms with van der Waals surface area (Å²) in [4.78, 5) is 36.0. The molecule has 0 saturated heterocycles. The first-order valence-corrected chi connectivity index (χ1v) is 8.09. The molecule has 27 heavy (non-hydrogen) atoms. The van der Waals surface area contributed by atoms with Gasteiger partial charge >= 0.3 is 0 Å². The largest absolute Gasteiger partial charge is 0.497 e. The fourth-order valence-corrected chi connectivity index (χ4v) is 2.62. The molecule has 9 heteroatoms. The van der Waals surface area contributed by atoms with Crippen LogP contribution in [0, 0.1) is 10.1 Å². The number of nitrogens with zero attached hydrogens (tertiary/aromatic N) is 2. The lowest BCUT2D eigenvalue weighted by Crippen LogP contribution is -2.45. The fraction of sp³-hybridized carbons (Fsp3) is 0.222. The predicted molar refractivity (Wildman–Crippen MR) is 95.8 cm³/mol. The van der Waals surface area contributed by atoms with Crippen molar-refractivity contribution < 1.29 is 24.0 Å². The number of amides is 2. The van der Waals surface area contributed by atoms with Crippen LogP contribution >= 0.6 is 0 Å². The zero-order valence-electron chi connectivity index (χ0n) is 14.5. The molecule has 0 aliphatic carbocycles. The third-order valence-electron chi connectivity index (χ3n) is 4.05. The molecule has 1 N–H and O–H groups in total. The zero-order valence-corrected chi connectivity index (χ0v) is 14.5. The summed E-state index contributed by atoms with van der Waals surface area (Å²) in [5.74, 6) is 0.200. The number of nitro benzene ring substituents is 1. The summed E-state index contributed by atoms with van der Waals surface area (Å²) in [7, 11) is 1.57. The van der Waals surface area contributed by atoms with Crippen molar-refractivity contribution in [2.24, 2.45) is 0 Å². The van der Waals surface area contributed by atoms with Gasteiger partial charge in [0, 0.05) is 18.7 Å². The summed E-state index contributed by atoms with van der Waals surface area (Å²) >= 11 is 0. The molecule has 140 valence electrons. The van der Waals surface area contributed by atoms with Gasteiger partial charge in [0.05, 0.1) is 17.7 Å². The maximum atomic E-state index is 12.3. The number of non-ortho nitro benzene ring substituents is 1. The van der Waals surface area contributed by atoms with Gasteiger partial charge in [0.25, 0.3) is 11.6 Å². The lowest BCUT2D eigenvalue weighted by molar-refractivity contribution is -0.384. The van der Waals surface area contributed by atoms with Gasteiger partial charge in [-0.2, -0.15) is 0 Å². The minimum absolute atomic E-state index is 0.185. The van der Waals surface area contributed by atoms with Gasteiger partial charge in [-0.1, -0.05) is 12.1 Å². The Hall–Kier alpha value is -3.62. The van der Waals surface area contributed by atoms with Crippen LogP contribution < -0.4 is 19.7 Å². The second kappa shape index (κ2) is 7.73. The Bertz CT molecular complexity index is 881. The highest BCUT2D eigenvalue weighted by molar-refractivity contribution is 6.02. The molecule has 1 heterocycles. The van der Waals surface area contributed by atoms with E-state index >= 15 is 0 Å². The summed E-state index contributed by atoms with van der Waals surface area (Å²) in [5.41, 5.74) is 0.893. The number of methoxy groups -OCH3 is 1. The number of hydrogen-bond donors (Lipinski definition) is 1. The number of carbonyl (C=O) groups excluding carboxylic acids is 2. The van der Waals surface area contributed by atoms with Gasteiger partial charge in [-0.05, 0) is 23.8 Å². The quantitative estimate of drug-likeness (QED) is 0.610. The second-order valence-electron chi connectivity index (χ2n) is 5.80. The molecule has 0 radical (unpaired) electrons. The first kappa shape index (κ1) is 18.2. The van der Waals surface area contributed by atoms with E-state index < -0.39 is 16.7 Å². The van der Waals surface area contributed by atoms with Crippen molar-refractivity contribution in [3.05, 3.63) is 58.1 Å². The molecule has 0 saturated carbocycles. The summed E-state index contributed by atoms with van der Waals surface area (Å²) in [6.45, 7) is -0.202. The number of rotatable bonds is 6. The highest BCUT2D eigenvalue weighted by Crippen LogP contribution is 2.35. The Labute approximate surface area is 154 Å². The Kier molecular flexibility index (Phi) is 5.20. The summed E-state index contributed by atoms with van der Waals surface area (Å²) in [6.07, 6.45) is 0. The number of benzene rings is 2. The number of anilines is 1. The van der Waals surface area contributed by atoms with Crippen LogP contribution in [-0.2, 0) is 16.1 Å². The summed E-state index contributed by atoms with van der Waals surface area (Å²) in [6, 6.07) is 11.1. The van der Waals surface area contributed by atoms with Crippen molar-refractivity contribution in [2.75, 3.05) is 25.2 Å². The lowest BCUT2D eigenvalue weighted by atomic mass is 10.2. The number of nitrogens with one attached hydrogen (secondary N) is 1. The van der Waals surface area contributed by atoms with Gasteiger partial charge in [-0.15, -0.1) is 0 Å². The van der Waals surface area contributed by atoms with Crippen LogP contribution in [0.1, 0.15) is 5.56 Å². The van der Waals surface area contributed by atoms with Gasteiger partial charge in [-0.25, -0.2) is 0 Å². The van der Waals surface area contributed by atoms with Crippen LogP contribution in [-0.4, -0.2) is 37.0 Å². The molecule has 2 aromatic carbocycles. The van der Waals surface area contributed by atoms with Crippen molar-refractivity contribution in [3.8, 4) is 11.5 Å². The van der Waals surface area contributed by atoms with E-state index in [0.717, 1.165) is 5.56 Å². The van der Waals surface area contributed by atoms with E-state index in [1.165, 1.54) is 23.1 Å². The predicted octanol–water partition coefficient (Wildman–Crippen LogP) is 1.65. The van der Waals surface area contributed by atoms with Crippen LogP contribution in [0.5, 0.6) is 11.5 Å². The monoisotopic (exact) mass is 371 g/mol. The average molecular weight is 371 g/mol. The van der Waals surface area contributed by atoms with Crippen molar-refractivity contribution in [3.63, 3.8) is 0 Å². The third-order valence-corrected chi connectivity index (χ3v) is 4.05. The van der Waals surface area contributed by atoms with Crippen LogP contribution in [0.15, 0.2) is 42.5 Å². The van der Waals surface area contributed by atoms with E-state index in [2.05, 4.69) is 5.32 Å². The molecule has 1 aliphatic rings. The number of ether oxygens (including phenoxy) is 2. The number of fused-ring (bicyclic) bond motifs is 1. The van der Waals surface area contributed by atoms with E-state index in [1.807, 2.05) is 12.1 Å². The number of hydrogen-bond acceptors (Lipinski definition) is 6. The van der Waals surface area contributed by atoms with Crippen LogP contribution in [0.25, 0.3) is 0 Å². The molecular weight excluding hydrogens is 354 g/mol. The molecule has 2 aromatic rings. The van der Waals surface area contributed by atoms with Crippen LogP contribution in [0.2, 0.25) is 0 Å². The number of carbonyl (C=O) groups is 2. The maximum Gasteiger partial charge on any atom is 0.271 e. The Morgan fingerprint density at radius 1 is 1.30 bits per heavy atom. The normalized spacial score (nSPS) is 12.8. The topological polar surface area (TPSA) is 111 Å². The standard InChI is InChI=1S/C18H17N3O6/c1-26-14-5-2-12(3-6-14)9-19-17(22)10-20-15-8-13(21(24)25)4-7-16(15)27-11-18(20)23/h2-8H,9-11H2,1H3,(H,19,22).